The smallest absolute Gasteiger partial charge is 0.255 e. The number of carbonyl (C=O) groups is 1. The standard InChI is InChI=1S/C20H19N3OS/c1-3-25-19-12-11-18(22-23-19)15-8-6-9-16(13-15)21-20(24)17-10-5-4-7-14(17)2/h4-13H,3H2,1-2H3,(H,21,24). The number of aryl methyl sites for hydroxylation is 1. The molecule has 0 aliphatic carbocycles. The second-order valence-electron chi connectivity index (χ2n) is 5.54. The lowest BCUT2D eigenvalue weighted by Crippen LogP contribution is -2.13. The Balaban J connectivity index is 1.79. The molecule has 1 aromatic heterocycles. The SMILES string of the molecule is CCSc1ccc(-c2cccc(NC(=O)c3ccccc3C)c2)nn1. The van der Waals surface area contributed by atoms with Crippen LogP contribution in [0.25, 0.3) is 11.3 Å². The molecule has 0 unspecified atom stereocenters. The van der Waals surface area contributed by atoms with Crippen LogP contribution in [0.1, 0.15) is 22.8 Å². The Hall–Kier alpha value is -2.66. The second kappa shape index (κ2) is 7.94. The van der Waals surface area contributed by atoms with E-state index in [9.17, 15) is 4.79 Å². The molecule has 1 amide bonds. The highest BCUT2D eigenvalue weighted by atomic mass is 32.2. The van der Waals surface area contributed by atoms with Crippen LogP contribution in [0.4, 0.5) is 5.69 Å². The molecule has 0 radical (unpaired) electrons. The van der Waals surface area contributed by atoms with E-state index in [0.717, 1.165) is 33.3 Å². The number of aromatic nitrogens is 2. The van der Waals surface area contributed by atoms with Crippen molar-refractivity contribution in [1.29, 1.82) is 0 Å². The number of nitrogens with zero attached hydrogens (tertiary/aromatic N) is 2. The maximum Gasteiger partial charge on any atom is 0.255 e. The first kappa shape index (κ1) is 17.2. The number of hydrogen-bond acceptors (Lipinski definition) is 4. The summed E-state index contributed by atoms with van der Waals surface area (Å²) in [4.78, 5) is 12.5. The molecule has 3 aromatic rings. The first-order valence-corrected chi connectivity index (χ1v) is 9.10. The van der Waals surface area contributed by atoms with Gasteiger partial charge < -0.3 is 5.32 Å². The molecular weight excluding hydrogens is 330 g/mol. The number of anilines is 1. The summed E-state index contributed by atoms with van der Waals surface area (Å²) in [5.74, 6) is 0.852. The molecule has 0 bridgehead atoms. The van der Waals surface area contributed by atoms with Gasteiger partial charge >= 0.3 is 0 Å². The lowest BCUT2D eigenvalue weighted by molar-refractivity contribution is 0.102. The minimum atomic E-state index is -0.115. The van der Waals surface area contributed by atoms with Crippen molar-refractivity contribution in [3.05, 3.63) is 71.8 Å². The van der Waals surface area contributed by atoms with Crippen LogP contribution in [0, 0.1) is 6.92 Å². The summed E-state index contributed by atoms with van der Waals surface area (Å²) in [6, 6.07) is 19.1. The number of hydrogen-bond donors (Lipinski definition) is 1. The van der Waals surface area contributed by atoms with E-state index in [2.05, 4.69) is 22.4 Å². The zero-order valence-electron chi connectivity index (χ0n) is 14.2. The summed E-state index contributed by atoms with van der Waals surface area (Å²) in [7, 11) is 0. The van der Waals surface area contributed by atoms with Gasteiger partial charge in [0, 0.05) is 16.8 Å². The Bertz CT molecular complexity index is 878. The fourth-order valence-corrected chi connectivity index (χ4v) is 3.04. The average molecular weight is 349 g/mol. The Labute approximate surface area is 151 Å². The van der Waals surface area contributed by atoms with E-state index < -0.39 is 0 Å². The summed E-state index contributed by atoms with van der Waals surface area (Å²) in [6.07, 6.45) is 0. The monoisotopic (exact) mass is 349 g/mol. The summed E-state index contributed by atoms with van der Waals surface area (Å²) in [6.45, 7) is 4.01. The fourth-order valence-electron chi connectivity index (χ4n) is 2.48. The van der Waals surface area contributed by atoms with E-state index in [1.54, 1.807) is 11.8 Å². The molecule has 25 heavy (non-hydrogen) atoms. The molecule has 2 aromatic carbocycles. The highest BCUT2D eigenvalue weighted by Crippen LogP contribution is 2.23. The molecule has 1 heterocycles. The molecule has 0 aliphatic heterocycles. The van der Waals surface area contributed by atoms with E-state index in [0.29, 0.717) is 5.56 Å². The Morgan fingerprint density at radius 3 is 2.60 bits per heavy atom. The van der Waals surface area contributed by atoms with Crippen molar-refractivity contribution in [2.45, 2.75) is 18.9 Å². The van der Waals surface area contributed by atoms with Crippen LogP contribution in [0.3, 0.4) is 0 Å². The molecular formula is C20H19N3OS. The largest absolute Gasteiger partial charge is 0.322 e. The molecule has 0 spiro atoms. The van der Waals surface area contributed by atoms with Crippen molar-refractivity contribution in [2.75, 3.05) is 11.1 Å². The topological polar surface area (TPSA) is 54.9 Å². The van der Waals surface area contributed by atoms with Crippen molar-refractivity contribution in [2.24, 2.45) is 0 Å². The molecule has 0 fully saturated rings. The van der Waals surface area contributed by atoms with Gasteiger partial charge in [-0.05, 0) is 48.6 Å². The number of carbonyl (C=O) groups excluding carboxylic acids is 1. The quantitative estimate of drug-likeness (QED) is 0.671. The summed E-state index contributed by atoms with van der Waals surface area (Å²) < 4.78 is 0. The van der Waals surface area contributed by atoms with Gasteiger partial charge in [-0.25, -0.2) is 0 Å². The van der Waals surface area contributed by atoms with Gasteiger partial charge in [-0.3, -0.25) is 4.79 Å². The Morgan fingerprint density at radius 1 is 1.04 bits per heavy atom. The van der Waals surface area contributed by atoms with Crippen molar-refractivity contribution >= 4 is 23.4 Å². The van der Waals surface area contributed by atoms with Gasteiger partial charge in [0.25, 0.3) is 5.91 Å². The number of nitrogens with one attached hydrogen (secondary N) is 1. The summed E-state index contributed by atoms with van der Waals surface area (Å²) in [5, 5.41) is 12.4. The van der Waals surface area contributed by atoms with Crippen molar-refractivity contribution < 1.29 is 4.79 Å². The molecule has 0 saturated heterocycles. The van der Waals surface area contributed by atoms with Gasteiger partial charge in [-0.2, -0.15) is 0 Å². The molecule has 1 N–H and O–H groups in total. The van der Waals surface area contributed by atoms with E-state index in [1.807, 2.05) is 67.6 Å². The minimum Gasteiger partial charge on any atom is -0.322 e. The molecule has 0 atom stereocenters. The highest BCUT2D eigenvalue weighted by Gasteiger charge is 2.09. The van der Waals surface area contributed by atoms with Crippen LogP contribution in [0.15, 0.2) is 65.7 Å². The van der Waals surface area contributed by atoms with Crippen LogP contribution >= 0.6 is 11.8 Å². The normalized spacial score (nSPS) is 10.5. The predicted octanol–water partition coefficient (Wildman–Crippen LogP) is 4.82. The molecule has 4 nitrogen and oxygen atoms in total. The number of thioether (sulfide) groups is 1. The number of benzene rings is 2. The van der Waals surface area contributed by atoms with Crippen molar-refractivity contribution in [3.8, 4) is 11.3 Å². The van der Waals surface area contributed by atoms with Crippen molar-refractivity contribution in [1.82, 2.24) is 10.2 Å². The third-order valence-electron chi connectivity index (χ3n) is 3.74. The lowest BCUT2D eigenvalue weighted by atomic mass is 10.1. The van der Waals surface area contributed by atoms with Gasteiger partial charge in [-0.15, -0.1) is 22.0 Å². The van der Waals surface area contributed by atoms with Crippen LogP contribution in [0.2, 0.25) is 0 Å². The third kappa shape index (κ3) is 4.25. The van der Waals surface area contributed by atoms with Crippen LogP contribution in [-0.2, 0) is 0 Å². The number of rotatable bonds is 5. The van der Waals surface area contributed by atoms with Crippen LogP contribution in [-0.4, -0.2) is 21.9 Å². The zero-order valence-corrected chi connectivity index (χ0v) is 15.0. The maximum absolute atomic E-state index is 12.5. The maximum atomic E-state index is 12.5. The summed E-state index contributed by atoms with van der Waals surface area (Å²) in [5.41, 5.74) is 4.06. The lowest BCUT2D eigenvalue weighted by Gasteiger charge is -2.09. The van der Waals surface area contributed by atoms with Crippen molar-refractivity contribution in [3.63, 3.8) is 0 Å². The van der Waals surface area contributed by atoms with Gasteiger partial charge in [0.2, 0.25) is 0 Å². The average Bonchev–Trinajstić information content (AvgIpc) is 2.63. The highest BCUT2D eigenvalue weighted by molar-refractivity contribution is 7.99. The molecule has 3 rings (SSSR count). The van der Waals surface area contributed by atoms with Gasteiger partial charge in [-0.1, -0.05) is 37.3 Å². The zero-order chi connectivity index (χ0) is 17.6. The van der Waals surface area contributed by atoms with E-state index in [-0.39, 0.29) is 5.91 Å². The van der Waals surface area contributed by atoms with E-state index in [4.69, 9.17) is 0 Å². The van der Waals surface area contributed by atoms with E-state index >= 15 is 0 Å². The Kier molecular flexibility index (Phi) is 5.46. The van der Waals surface area contributed by atoms with Gasteiger partial charge in [0.15, 0.2) is 0 Å². The van der Waals surface area contributed by atoms with Gasteiger partial charge in [0.05, 0.1) is 5.69 Å². The first-order chi connectivity index (χ1) is 12.2. The summed E-state index contributed by atoms with van der Waals surface area (Å²) >= 11 is 1.66. The Morgan fingerprint density at radius 2 is 1.88 bits per heavy atom. The molecule has 0 aliphatic rings. The third-order valence-corrected chi connectivity index (χ3v) is 4.54. The second-order valence-corrected chi connectivity index (χ2v) is 6.82. The number of amides is 1. The first-order valence-electron chi connectivity index (χ1n) is 8.11. The fraction of sp³-hybridized carbons (Fsp3) is 0.150. The van der Waals surface area contributed by atoms with Crippen LogP contribution < -0.4 is 5.32 Å². The van der Waals surface area contributed by atoms with Gasteiger partial charge in [0.1, 0.15) is 5.03 Å². The predicted molar refractivity (Wildman–Crippen MR) is 103 cm³/mol. The minimum absolute atomic E-state index is 0.115. The van der Waals surface area contributed by atoms with E-state index in [1.165, 1.54) is 0 Å². The molecule has 5 heteroatoms. The van der Waals surface area contributed by atoms with Crippen LogP contribution in [0.5, 0.6) is 0 Å². The molecule has 126 valence electrons. The molecule has 0 saturated carbocycles.